The fourth-order valence-electron chi connectivity index (χ4n) is 3.55. The van der Waals surface area contributed by atoms with Gasteiger partial charge in [0.2, 0.25) is 0 Å². The lowest BCUT2D eigenvalue weighted by Gasteiger charge is -2.31. The molecule has 1 amide bonds. The van der Waals surface area contributed by atoms with Crippen LogP contribution >= 0.6 is 0 Å². The molecule has 1 heterocycles. The van der Waals surface area contributed by atoms with E-state index in [2.05, 4.69) is 19.2 Å². The molecule has 0 bridgehead atoms. The van der Waals surface area contributed by atoms with Crippen LogP contribution in [0.25, 0.3) is 0 Å². The van der Waals surface area contributed by atoms with Crippen LogP contribution in [0.1, 0.15) is 59.4 Å². The maximum absolute atomic E-state index is 12.5. The fourth-order valence-corrected chi connectivity index (χ4v) is 3.55. The molecule has 1 aliphatic carbocycles. The Balaban J connectivity index is 1.70. The van der Waals surface area contributed by atoms with E-state index in [-0.39, 0.29) is 11.3 Å². The number of carbonyl (C=O) groups excluding carboxylic acids is 1. The Bertz CT molecular complexity index is 731. The summed E-state index contributed by atoms with van der Waals surface area (Å²) >= 11 is 0. The highest BCUT2D eigenvalue weighted by Gasteiger charge is 2.37. The Hall–Kier alpha value is -2.07. The summed E-state index contributed by atoms with van der Waals surface area (Å²) in [5.41, 5.74) is 2.75. The van der Waals surface area contributed by atoms with E-state index in [0.717, 1.165) is 29.7 Å². The van der Waals surface area contributed by atoms with E-state index in [1.807, 2.05) is 37.3 Å². The van der Waals surface area contributed by atoms with Crippen LogP contribution in [0, 0.1) is 12.3 Å². The van der Waals surface area contributed by atoms with Crippen molar-refractivity contribution in [1.82, 2.24) is 5.32 Å². The second-order valence-electron chi connectivity index (χ2n) is 7.45. The number of amides is 1. The van der Waals surface area contributed by atoms with Gasteiger partial charge >= 0.3 is 0 Å². The van der Waals surface area contributed by atoms with Crippen LogP contribution in [0.4, 0.5) is 0 Å². The number of nitrogens with one attached hydrogen (secondary N) is 1. The SMILES string of the molecule is Cc1c(C(=O)NCCc2ccccc2)oc2c1[C@H](O)CC(C)(C)C2. The number of furan rings is 1. The zero-order valence-electron chi connectivity index (χ0n) is 14.6. The van der Waals surface area contributed by atoms with Gasteiger partial charge in [-0.3, -0.25) is 4.79 Å². The first-order chi connectivity index (χ1) is 11.4. The zero-order chi connectivity index (χ0) is 17.3. The number of carbonyl (C=O) groups is 1. The Kier molecular flexibility index (Phi) is 4.50. The van der Waals surface area contributed by atoms with E-state index in [0.29, 0.717) is 18.7 Å². The van der Waals surface area contributed by atoms with E-state index in [9.17, 15) is 9.90 Å². The van der Waals surface area contributed by atoms with Crippen molar-refractivity contribution >= 4 is 5.91 Å². The first-order valence-corrected chi connectivity index (χ1v) is 8.50. The average molecular weight is 327 g/mol. The molecule has 0 spiro atoms. The van der Waals surface area contributed by atoms with Crippen molar-refractivity contribution in [3.8, 4) is 0 Å². The molecule has 0 radical (unpaired) electrons. The molecule has 1 aliphatic rings. The summed E-state index contributed by atoms with van der Waals surface area (Å²) in [5, 5.41) is 13.3. The van der Waals surface area contributed by atoms with Gasteiger partial charge in [-0.05, 0) is 30.7 Å². The quantitative estimate of drug-likeness (QED) is 0.902. The largest absolute Gasteiger partial charge is 0.455 e. The van der Waals surface area contributed by atoms with Crippen LogP contribution in [0.15, 0.2) is 34.7 Å². The molecule has 0 fully saturated rings. The Labute approximate surface area is 142 Å². The van der Waals surface area contributed by atoms with Crippen LogP contribution in [0.3, 0.4) is 0 Å². The Morgan fingerprint density at radius 2 is 2.04 bits per heavy atom. The summed E-state index contributed by atoms with van der Waals surface area (Å²) in [6.45, 7) is 6.63. The van der Waals surface area contributed by atoms with Crippen LogP contribution in [-0.2, 0) is 12.8 Å². The number of fused-ring (bicyclic) bond motifs is 1. The molecule has 24 heavy (non-hydrogen) atoms. The molecule has 0 unspecified atom stereocenters. The lowest BCUT2D eigenvalue weighted by atomic mass is 9.75. The van der Waals surface area contributed by atoms with Gasteiger partial charge in [-0.25, -0.2) is 0 Å². The summed E-state index contributed by atoms with van der Waals surface area (Å²) in [5.74, 6) is 0.886. The van der Waals surface area contributed by atoms with E-state index >= 15 is 0 Å². The smallest absolute Gasteiger partial charge is 0.287 e. The first-order valence-electron chi connectivity index (χ1n) is 8.50. The van der Waals surface area contributed by atoms with Gasteiger partial charge in [0.05, 0.1) is 6.10 Å². The maximum atomic E-state index is 12.5. The van der Waals surface area contributed by atoms with Gasteiger partial charge in [-0.1, -0.05) is 44.2 Å². The molecule has 3 rings (SSSR count). The van der Waals surface area contributed by atoms with E-state index in [1.54, 1.807) is 0 Å². The fraction of sp³-hybridized carbons (Fsp3) is 0.450. The van der Waals surface area contributed by atoms with Crippen molar-refractivity contribution in [2.45, 2.75) is 46.1 Å². The van der Waals surface area contributed by atoms with Gasteiger partial charge in [-0.2, -0.15) is 0 Å². The van der Waals surface area contributed by atoms with Crippen molar-refractivity contribution in [3.05, 3.63) is 58.5 Å². The summed E-state index contributed by atoms with van der Waals surface area (Å²) in [7, 11) is 0. The summed E-state index contributed by atoms with van der Waals surface area (Å²) in [6, 6.07) is 10.0. The molecule has 0 saturated heterocycles. The molecular formula is C20H25NO3. The van der Waals surface area contributed by atoms with Crippen LogP contribution in [0.5, 0.6) is 0 Å². The number of hydrogen-bond acceptors (Lipinski definition) is 3. The van der Waals surface area contributed by atoms with Crippen LogP contribution in [0.2, 0.25) is 0 Å². The van der Waals surface area contributed by atoms with Gasteiger partial charge in [-0.15, -0.1) is 0 Å². The highest BCUT2D eigenvalue weighted by atomic mass is 16.4. The molecule has 1 aromatic carbocycles. The molecule has 1 aromatic heterocycles. The molecule has 0 saturated carbocycles. The van der Waals surface area contributed by atoms with Crippen molar-refractivity contribution < 1.29 is 14.3 Å². The zero-order valence-corrected chi connectivity index (χ0v) is 14.6. The number of benzene rings is 1. The molecule has 4 heteroatoms. The summed E-state index contributed by atoms with van der Waals surface area (Å²) in [6.07, 6.45) is 1.66. The molecule has 128 valence electrons. The molecular weight excluding hydrogens is 302 g/mol. The minimum absolute atomic E-state index is 0.0161. The number of aliphatic hydroxyl groups is 1. The topological polar surface area (TPSA) is 62.5 Å². The van der Waals surface area contributed by atoms with Crippen molar-refractivity contribution in [2.75, 3.05) is 6.54 Å². The Morgan fingerprint density at radius 3 is 2.75 bits per heavy atom. The van der Waals surface area contributed by atoms with E-state index in [4.69, 9.17) is 4.42 Å². The van der Waals surface area contributed by atoms with Crippen LogP contribution < -0.4 is 5.32 Å². The van der Waals surface area contributed by atoms with Crippen molar-refractivity contribution in [3.63, 3.8) is 0 Å². The molecule has 2 aromatic rings. The van der Waals surface area contributed by atoms with Crippen molar-refractivity contribution in [2.24, 2.45) is 5.41 Å². The standard InChI is InChI=1S/C20H25NO3/c1-13-17-15(22)11-20(2,3)12-16(17)24-18(13)19(23)21-10-9-14-7-5-4-6-8-14/h4-8,15,22H,9-12H2,1-3H3,(H,21,23)/t15-/m1/s1. The summed E-state index contributed by atoms with van der Waals surface area (Å²) < 4.78 is 5.84. The highest BCUT2D eigenvalue weighted by molar-refractivity contribution is 5.93. The average Bonchev–Trinajstić information content (AvgIpc) is 2.83. The Morgan fingerprint density at radius 1 is 1.33 bits per heavy atom. The third kappa shape index (κ3) is 3.39. The number of aliphatic hydroxyl groups excluding tert-OH is 1. The third-order valence-corrected chi connectivity index (χ3v) is 4.74. The second-order valence-corrected chi connectivity index (χ2v) is 7.45. The second kappa shape index (κ2) is 6.44. The highest BCUT2D eigenvalue weighted by Crippen LogP contribution is 2.43. The molecule has 1 atom stereocenters. The lowest BCUT2D eigenvalue weighted by molar-refractivity contribution is 0.0885. The number of rotatable bonds is 4. The monoisotopic (exact) mass is 327 g/mol. The minimum atomic E-state index is -0.557. The molecule has 2 N–H and O–H groups in total. The van der Waals surface area contributed by atoms with Gasteiger partial charge in [0.25, 0.3) is 5.91 Å². The first kappa shape index (κ1) is 16.8. The molecule has 4 nitrogen and oxygen atoms in total. The van der Waals surface area contributed by atoms with Gasteiger partial charge < -0.3 is 14.8 Å². The minimum Gasteiger partial charge on any atom is -0.455 e. The lowest BCUT2D eigenvalue weighted by Crippen LogP contribution is -2.26. The predicted octanol–water partition coefficient (Wildman–Crippen LogP) is 3.57. The number of hydrogen-bond donors (Lipinski definition) is 2. The van der Waals surface area contributed by atoms with E-state index in [1.165, 1.54) is 5.56 Å². The maximum Gasteiger partial charge on any atom is 0.287 e. The van der Waals surface area contributed by atoms with Gasteiger partial charge in [0.1, 0.15) is 5.76 Å². The summed E-state index contributed by atoms with van der Waals surface area (Å²) in [4.78, 5) is 12.5. The normalized spacial score (nSPS) is 18.9. The molecule has 0 aliphatic heterocycles. The third-order valence-electron chi connectivity index (χ3n) is 4.74. The van der Waals surface area contributed by atoms with Crippen molar-refractivity contribution in [1.29, 1.82) is 0 Å². The van der Waals surface area contributed by atoms with Crippen LogP contribution in [-0.4, -0.2) is 17.6 Å². The van der Waals surface area contributed by atoms with Gasteiger partial charge in [0.15, 0.2) is 5.76 Å². The van der Waals surface area contributed by atoms with E-state index < -0.39 is 6.10 Å². The predicted molar refractivity (Wildman–Crippen MR) is 93.0 cm³/mol. The van der Waals surface area contributed by atoms with Gasteiger partial charge in [0, 0.05) is 24.1 Å².